The van der Waals surface area contributed by atoms with Crippen LogP contribution in [0.15, 0.2) is 0 Å². The largest absolute Gasteiger partial charge is 0.372 e. The van der Waals surface area contributed by atoms with Gasteiger partial charge in [0.25, 0.3) is 0 Å². The Morgan fingerprint density at radius 1 is 1.67 bits per heavy atom. The Labute approximate surface area is 75.5 Å². The summed E-state index contributed by atoms with van der Waals surface area (Å²) >= 11 is 0. The zero-order chi connectivity index (χ0) is 9.61. The number of hydrogen-bond acceptors (Lipinski definition) is 1. The van der Waals surface area contributed by atoms with E-state index in [1.807, 2.05) is 0 Å². The van der Waals surface area contributed by atoms with Crippen molar-refractivity contribution in [2.75, 3.05) is 0 Å². The third kappa shape index (κ3) is 3.74. The lowest BCUT2D eigenvalue weighted by Crippen LogP contribution is -2.08. The molecule has 2 atom stereocenters. The second kappa shape index (κ2) is 5.18. The van der Waals surface area contributed by atoms with E-state index in [1.165, 1.54) is 25.7 Å². The van der Waals surface area contributed by atoms with Crippen LogP contribution in [0.1, 0.15) is 46.5 Å². The Morgan fingerprint density at radius 2 is 2.17 bits per heavy atom. The number of hydrogen-bond donors (Lipinski definition) is 1. The Kier molecular flexibility index (Phi) is 4.95. The molecule has 1 aliphatic rings. The summed E-state index contributed by atoms with van der Waals surface area (Å²) in [5, 5.41) is 0. The van der Waals surface area contributed by atoms with Crippen molar-refractivity contribution >= 4 is 6.41 Å². The van der Waals surface area contributed by atoms with Crippen molar-refractivity contribution in [1.82, 2.24) is 0 Å². The van der Waals surface area contributed by atoms with E-state index in [-0.39, 0.29) is 6.41 Å². The van der Waals surface area contributed by atoms with Crippen molar-refractivity contribution in [2.24, 2.45) is 17.1 Å². The molecule has 1 rings (SSSR count). The molecule has 0 aliphatic heterocycles. The van der Waals surface area contributed by atoms with Crippen LogP contribution in [0.25, 0.3) is 0 Å². The molecule has 0 aromatic carbocycles. The summed E-state index contributed by atoms with van der Waals surface area (Å²) in [4.78, 5) is 8.58. The average molecular weight is 171 g/mol. The molecule has 1 amide bonds. The van der Waals surface area contributed by atoms with Gasteiger partial charge in [-0.3, -0.25) is 4.79 Å². The summed E-state index contributed by atoms with van der Waals surface area (Å²) in [7, 11) is 0. The summed E-state index contributed by atoms with van der Waals surface area (Å²) in [6.45, 7) is 7.12. The first kappa shape index (κ1) is 11.5. The van der Waals surface area contributed by atoms with Crippen molar-refractivity contribution in [3.8, 4) is 0 Å². The van der Waals surface area contributed by atoms with Gasteiger partial charge in [-0.15, -0.1) is 0 Å². The third-order valence-electron chi connectivity index (χ3n) is 2.94. The highest BCUT2D eigenvalue weighted by Crippen LogP contribution is 2.43. The number of nitrogens with two attached hydrogens (primary N) is 1. The molecule has 0 aromatic heterocycles. The molecule has 0 saturated heterocycles. The van der Waals surface area contributed by atoms with Crippen LogP contribution in [-0.4, -0.2) is 6.41 Å². The van der Waals surface area contributed by atoms with Crippen LogP contribution < -0.4 is 5.73 Å². The molecule has 1 fully saturated rings. The zero-order valence-corrected chi connectivity index (χ0v) is 8.47. The van der Waals surface area contributed by atoms with E-state index >= 15 is 0 Å². The molecular formula is C10H21NO. The molecule has 2 unspecified atom stereocenters. The standard InChI is InChI=1S/C9H18.CH3NO/c1-4-9(3)6-5-8(2)7-9;2-1-3/h8H,4-7H2,1-3H3;1H,(H2,2,3). The summed E-state index contributed by atoms with van der Waals surface area (Å²) in [6.07, 6.45) is 6.01. The molecule has 2 nitrogen and oxygen atoms in total. The van der Waals surface area contributed by atoms with Crippen LogP contribution in [0.2, 0.25) is 0 Å². The summed E-state index contributed by atoms with van der Waals surface area (Å²) in [6, 6.07) is 0. The summed E-state index contributed by atoms with van der Waals surface area (Å²) in [5.41, 5.74) is 4.87. The highest BCUT2D eigenvalue weighted by atomic mass is 16.1. The zero-order valence-electron chi connectivity index (χ0n) is 8.47. The minimum Gasteiger partial charge on any atom is -0.372 e. The van der Waals surface area contributed by atoms with Crippen LogP contribution in [0.4, 0.5) is 0 Å². The molecule has 0 spiro atoms. The SMILES string of the molecule is CCC1(C)CCC(C)C1.NC=O. The first-order chi connectivity index (χ1) is 5.58. The van der Waals surface area contributed by atoms with Crippen LogP contribution >= 0.6 is 0 Å². The lowest BCUT2D eigenvalue weighted by Gasteiger charge is -2.20. The van der Waals surface area contributed by atoms with E-state index in [2.05, 4.69) is 26.5 Å². The van der Waals surface area contributed by atoms with Gasteiger partial charge in [-0.1, -0.05) is 33.6 Å². The quantitative estimate of drug-likeness (QED) is 0.604. The fourth-order valence-electron chi connectivity index (χ4n) is 1.96. The average Bonchev–Trinajstić information content (AvgIpc) is 2.34. The molecule has 72 valence electrons. The predicted molar refractivity (Wildman–Crippen MR) is 51.7 cm³/mol. The van der Waals surface area contributed by atoms with E-state index < -0.39 is 0 Å². The van der Waals surface area contributed by atoms with Crippen molar-refractivity contribution < 1.29 is 4.79 Å². The number of primary amides is 1. The lowest BCUT2D eigenvalue weighted by atomic mass is 9.85. The molecular weight excluding hydrogens is 150 g/mol. The normalized spacial score (nSPS) is 33.8. The molecule has 0 bridgehead atoms. The Morgan fingerprint density at radius 3 is 2.33 bits per heavy atom. The lowest BCUT2D eigenvalue weighted by molar-refractivity contribution is -0.106. The van der Waals surface area contributed by atoms with Crippen molar-refractivity contribution in [1.29, 1.82) is 0 Å². The molecule has 2 heteroatoms. The van der Waals surface area contributed by atoms with Crippen LogP contribution in [-0.2, 0) is 4.79 Å². The highest BCUT2D eigenvalue weighted by molar-refractivity contribution is 5.42. The minimum absolute atomic E-state index is 0.250. The molecule has 0 heterocycles. The van der Waals surface area contributed by atoms with Gasteiger partial charge in [0.2, 0.25) is 6.41 Å². The van der Waals surface area contributed by atoms with Crippen molar-refractivity contribution in [2.45, 2.75) is 46.5 Å². The van der Waals surface area contributed by atoms with Gasteiger partial charge in [0.1, 0.15) is 0 Å². The highest BCUT2D eigenvalue weighted by Gasteiger charge is 2.30. The summed E-state index contributed by atoms with van der Waals surface area (Å²) in [5.74, 6) is 0.995. The first-order valence-corrected chi connectivity index (χ1v) is 4.73. The van der Waals surface area contributed by atoms with Gasteiger partial charge in [0.15, 0.2) is 0 Å². The van der Waals surface area contributed by atoms with Crippen LogP contribution in [0.5, 0.6) is 0 Å². The second-order valence-electron chi connectivity index (χ2n) is 4.15. The van der Waals surface area contributed by atoms with E-state index in [1.54, 1.807) is 0 Å². The molecule has 1 saturated carbocycles. The Hall–Kier alpha value is -0.530. The number of carbonyl (C=O) groups excluding carboxylic acids is 1. The second-order valence-corrected chi connectivity index (χ2v) is 4.15. The van der Waals surface area contributed by atoms with Gasteiger partial charge in [0, 0.05) is 0 Å². The Balaban J connectivity index is 0.000000354. The Bertz CT molecular complexity index is 136. The van der Waals surface area contributed by atoms with Gasteiger partial charge < -0.3 is 5.73 Å². The molecule has 1 aliphatic carbocycles. The number of rotatable bonds is 1. The van der Waals surface area contributed by atoms with E-state index in [9.17, 15) is 0 Å². The van der Waals surface area contributed by atoms with Gasteiger partial charge in [0.05, 0.1) is 0 Å². The first-order valence-electron chi connectivity index (χ1n) is 4.73. The topological polar surface area (TPSA) is 43.1 Å². The van der Waals surface area contributed by atoms with Gasteiger partial charge in [-0.2, -0.15) is 0 Å². The van der Waals surface area contributed by atoms with Gasteiger partial charge in [-0.25, -0.2) is 0 Å². The molecule has 0 aromatic rings. The maximum absolute atomic E-state index is 8.58. The number of carbonyl (C=O) groups is 1. The smallest absolute Gasteiger partial charge is 0.204 e. The van der Waals surface area contributed by atoms with E-state index in [4.69, 9.17) is 4.79 Å². The maximum atomic E-state index is 8.58. The number of amides is 1. The van der Waals surface area contributed by atoms with Gasteiger partial charge >= 0.3 is 0 Å². The monoisotopic (exact) mass is 171 g/mol. The summed E-state index contributed by atoms with van der Waals surface area (Å²) < 4.78 is 0. The predicted octanol–water partition coefficient (Wildman–Crippen LogP) is 2.32. The van der Waals surface area contributed by atoms with Gasteiger partial charge in [-0.05, 0) is 24.2 Å². The van der Waals surface area contributed by atoms with E-state index in [0.717, 1.165) is 5.92 Å². The van der Waals surface area contributed by atoms with E-state index in [0.29, 0.717) is 5.41 Å². The fraction of sp³-hybridized carbons (Fsp3) is 0.900. The minimum atomic E-state index is 0.250. The van der Waals surface area contributed by atoms with Crippen LogP contribution in [0, 0.1) is 11.3 Å². The molecule has 0 radical (unpaired) electrons. The van der Waals surface area contributed by atoms with Crippen molar-refractivity contribution in [3.05, 3.63) is 0 Å². The molecule has 2 N–H and O–H groups in total. The third-order valence-corrected chi connectivity index (χ3v) is 2.94. The molecule has 12 heavy (non-hydrogen) atoms. The van der Waals surface area contributed by atoms with Crippen LogP contribution in [0.3, 0.4) is 0 Å². The van der Waals surface area contributed by atoms with Crippen molar-refractivity contribution in [3.63, 3.8) is 0 Å². The maximum Gasteiger partial charge on any atom is 0.204 e. The fourth-order valence-corrected chi connectivity index (χ4v) is 1.96.